The Kier molecular flexibility index (Phi) is 21.9. The molecule has 0 rings (SSSR count). The van der Waals surface area contributed by atoms with Gasteiger partial charge in [0.25, 0.3) is 0 Å². The lowest BCUT2D eigenvalue weighted by molar-refractivity contribution is -0.175. The maximum atomic E-state index is 13.1. The van der Waals surface area contributed by atoms with Crippen molar-refractivity contribution in [3.05, 3.63) is 0 Å². The summed E-state index contributed by atoms with van der Waals surface area (Å²) in [5.41, 5.74) is -2.71. The number of esters is 4. The second-order valence-corrected chi connectivity index (χ2v) is 11.2. The molecule has 0 radical (unpaired) electrons. The molecule has 0 spiro atoms. The van der Waals surface area contributed by atoms with Crippen LogP contribution in [0.4, 0.5) is 0 Å². The van der Waals surface area contributed by atoms with Crippen molar-refractivity contribution in [2.24, 2.45) is 10.8 Å². The van der Waals surface area contributed by atoms with Crippen molar-refractivity contribution in [1.29, 1.82) is 0 Å². The summed E-state index contributed by atoms with van der Waals surface area (Å²) in [6.07, 6.45) is 8.05. The molecular formula is C29H50Br2O8. The Morgan fingerprint density at radius 1 is 0.436 bits per heavy atom. The Morgan fingerprint density at radius 3 is 0.872 bits per heavy atom. The molecular weight excluding hydrogens is 636 g/mol. The molecule has 0 fully saturated rings. The minimum absolute atomic E-state index is 0.179. The zero-order valence-corrected chi connectivity index (χ0v) is 27.6. The highest BCUT2D eigenvalue weighted by Crippen LogP contribution is 2.38. The third kappa shape index (κ3) is 12.9. The average molecular weight is 687 g/mol. The first kappa shape index (κ1) is 37.8. The van der Waals surface area contributed by atoms with Crippen LogP contribution in [0.25, 0.3) is 0 Å². The van der Waals surface area contributed by atoms with Gasteiger partial charge in [0.2, 0.25) is 0 Å². The van der Waals surface area contributed by atoms with Crippen molar-refractivity contribution in [2.45, 2.75) is 111 Å². The van der Waals surface area contributed by atoms with E-state index in [4.69, 9.17) is 18.9 Å². The number of ether oxygens (including phenoxy) is 4. The summed E-state index contributed by atoms with van der Waals surface area (Å²) in [5, 5.41) is 1.72. The predicted molar refractivity (Wildman–Crippen MR) is 159 cm³/mol. The number of hydrogen-bond donors (Lipinski definition) is 0. The Morgan fingerprint density at radius 2 is 0.667 bits per heavy atom. The zero-order chi connectivity index (χ0) is 29.6. The standard InChI is InChI=1S/C29H50Br2O8/c1-5-36-24(32)28(25(33)37-6-2,20-14-10-16-22-30)18-12-9-13-19-29(26(34)38-7-3,27(35)39-8-4)21-15-11-17-23-31/h5-23H2,1-4H3. The molecule has 0 unspecified atom stereocenters. The van der Waals surface area contributed by atoms with Gasteiger partial charge in [-0.1, -0.05) is 76.8 Å². The van der Waals surface area contributed by atoms with Gasteiger partial charge in [-0.25, -0.2) is 0 Å². The molecule has 0 N–H and O–H groups in total. The van der Waals surface area contributed by atoms with E-state index in [1.54, 1.807) is 27.7 Å². The lowest BCUT2D eigenvalue weighted by Crippen LogP contribution is -2.43. The van der Waals surface area contributed by atoms with E-state index in [2.05, 4.69) is 31.9 Å². The molecule has 8 nitrogen and oxygen atoms in total. The van der Waals surface area contributed by atoms with E-state index in [1.165, 1.54) is 0 Å². The molecule has 0 bridgehead atoms. The number of carbonyl (C=O) groups is 4. The second-order valence-electron chi connectivity index (χ2n) is 9.61. The average Bonchev–Trinajstić information content (AvgIpc) is 2.91. The van der Waals surface area contributed by atoms with Gasteiger partial charge in [-0.15, -0.1) is 0 Å². The molecule has 0 atom stereocenters. The maximum Gasteiger partial charge on any atom is 0.323 e. The first-order valence-electron chi connectivity index (χ1n) is 14.6. The highest BCUT2D eigenvalue weighted by atomic mass is 79.9. The molecule has 228 valence electrons. The fourth-order valence-corrected chi connectivity index (χ4v) is 5.53. The first-order valence-corrected chi connectivity index (χ1v) is 16.8. The Bertz CT molecular complexity index is 619. The van der Waals surface area contributed by atoms with Crippen molar-refractivity contribution in [2.75, 3.05) is 37.1 Å². The Labute approximate surface area is 252 Å². The molecule has 0 aromatic carbocycles. The van der Waals surface area contributed by atoms with Gasteiger partial charge in [0.05, 0.1) is 26.4 Å². The number of alkyl halides is 2. The molecule has 0 aromatic heterocycles. The fourth-order valence-electron chi connectivity index (χ4n) is 4.74. The van der Waals surface area contributed by atoms with Crippen LogP contribution in [0.2, 0.25) is 0 Å². The van der Waals surface area contributed by atoms with Crippen LogP contribution in [0, 0.1) is 10.8 Å². The van der Waals surface area contributed by atoms with Crippen LogP contribution < -0.4 is 0 Å². The lowest BCUT2D eigenvalue weighted by atomic mass is 9.76. The summed E-state index contributed by atoms with van der Waals surface area (Å²) in [6.45, 7) is 7.61. The molecule has 0 aliphatic carbocycles. The third-order valence-corrected chi connectivity index (χ3v) is 7.97. The summed E-state index contributed by atoms with van der Waals surface area (Å²) >= 11 is 6.85. The minimum atomic E-state index is -1.35. The summed E-state index contributed by atoms with van der Waals surface area (Å²) in [6, 6.07) is 0. The molecule has 10 heteroatoms. The van der Waals surface area contributed by atoms with E-state index in [1.807, 2.05) is 0 Å². The van der Waals surface area contributed by atoms with E-state index in [-0.39, 0.29) is 39.3 Å². The smallest absolute Gasteiger partial charge is 0.323 e. The monoisotopic (exact) mass is 684 g/mol. The van der Waals surface area contributed by atoms with Gasteiger partial charge in [-0.3, -0.25) is 19.2 Å². The van der Waals surface area contributed by atoms with Gasteiger partial charge in [-0.2, -0.15) is 0 Å². The molecule has 0 saturated heterocycles. The Balaban J connectivity index is 5.69. The fraction of sp³-hybridized carbons (Fsp3) is 0.862. The Hall–Kier alpha value is -1.16. The number of unbranched alkanes of at least 4 members (excludes halogenated alkanes) is 6. The first-order chi connectivity index (χ1) is 18.8. The maximum absolute atomic E-state index is 13.1. The van der Waals surface area contributed by atoms with Crippen LogP contribution >= 0.6 is 31.9 Å². The van der Waals surface area contributed by atoms with Crippen LogP contribution in [-0.2, 0) is 38.1 Å². The second kappa shape index (κ2) is 22.5. The number of hydrogen-bond acceptors (Lipinski definition) is 8. The SMILES string of the molecule is CCOC(=O)C(CCCCCBr)(CCCCCC(CCCCCBr)(C(=O)OCC)C(=O)OCC)C(=O)OCC. The summed E-state index contributed by atoms with van der Waals surface area (Å²) in [4.78, 5) is 52.4. The molecule has 0 aliphatic heterocycles. The van der Waals surface area contributed by atoms with Gasteiger partial charge in [0.1, 0.15) is 0 Å². The molecule has 0 saturated carbocycles. The van der Waals surface area contributed by atoms with E-state index in [0.717, 1.165) is 36.3 Å². The third-order valence-electron chi connectivity index (χ3n) is 6.85. The van der Waals surface area contributed by atoms with Crippen molar-refractivity contribution < 1.29 is 38.1 Å². The van der Waals surface area contributed by atoms with Crippen LogP contribution in [0.15, 0.2) is 0 Å². The van der Waals surface area contributed by atoms with Gasteiger partial charge < -0.3 is 18.9 Å². The number of carbonyl (C=O) groups excluding carboxylic acids is 4. The molecule has 39 heavy (non-hydrogen) atoms. The van der Waals surface area contributed by atoms with Gasteiger partial charge in [0.15, 0.2) is 10.8 Å². The van der Waals surface area contributed by atoms with Gasteiger partial charge in [0, 0.05) is 10.7 Å². The summed E-state index contributed by atoms with van der Waals surface area (Å²) in [5.74, 6) is -2.16. The van der Waals surface area contributed by atoms with Crippen LogP contribution in [0.1, 0.15) is 111 Å². The molecule has 0 aromatic rings. The van der Waals surface area contributed by atoms with E-state index in [9.17, 15) is 19.2 Å². The van der Waals surface area contributed by atoms with Gasteiger partial charge >= 0.3 is 23.9 Å². The van der Waals surface area contributed by atoms with E-state index in [0.29, 0.717) is 44.9 Å². The highest BCUT2D eigenvalue weighted by Gasteiger charge is 2.49. The zero-order valence-electron chi connectivity index (χ0n) is 24.5. The van der Waals surface area contributed by atoms with Crippen molar-refractivity contribution in [3.63, 3.8) is 0 Å². The van der Waals surface area contributed by atoms with Crippen molar-refractivity contribution in [3.8, 4) is 0 Å². The largest absolute Gasteiger partial charge is 0.465 e. The molecule has 0 amide bonds. The summed E-state index contributed by atoms with van der Waals surface area (Å²) in [7, 11) is 0. The summed E-state index contributed by atoms with van der Waals surface area (Å²) < 4.78 is 21.4. The normalized spacial score (nSPS) is 11.6. The van der Waals surface area contributed by atoms with E-state index >= 15 is 0 Å². The predicted octanol–water partition coefficient (Wildman–Crippen LogP) is 7.07. The number of halogens is 2. The highest BCUT2D eigenvalue weighted by molar-refractivity contribution is 9.09. The number of rotatable bonds is 24. The lowest BCUT2D eigenvalue weighted by Gasteiger charge is -2.30. The molecule has 0 heterocycles. The quantitative estimate of drug-likeness (QED) is 0.0349. The van der Waals surface area contributed by atoms with Crippen molar-refractivity contribution in [1.82, 2.24) is 0 Å². The van der Waals surface area contributed by atoms with Crippen molar-refractivity contribution >= 4 is 55.7 Å². The van der Waals surface area contributed by atoms with E-state index < -0.39 is 34.7 Å². The van der Waals surface area contributed by atoms with Crippen LogP contribution in [0.5, 0.6) is 0 Å². The minimum Gasteiger partial charge on any atom is -0.465 e. The topological polar surface area (TPSA) is 105 Å². The van der Waals surface area contributed by atoms with Crippen LogP contribution in [0.3, 0.4) is 0 Å². The molecule has 0 aliphatic rings. The van der Waals surface area contributed by atoms with Gasteiger partial charge in [-0.05, 0) is 66.2 Å². The van der Waals surface area contributed by atoms with Crippen LogP contribution in [-0.4, -0.2) is 61.0 Å².